The quantitative estimate of drug-likeness (QED) is 0.283. The summed E-state index contributed by atoms with van der Waals surface area (Å²) in [6.07, 6.45) is 5.71. The van der Waals surface area contributed by atoms with Gasteiger partial charge in [-0.15, -0.1) is 0 Å². The number of fused-ring (bicyclic) bond motifs is 3. The second-order valence-corrected chi connectivity index (χ2v) is 9.80. The molecule has 2 bridgehead atoms. The third-order valence-corrected chi connectivity index (χ3v) is 7.63. The van der Waals surface area contributed by atoms with Gasteiger partial charge in [-0.25, -0.2) is 9.18 Å². The first-order valence-corrected chi connectivity index (χ1v) is 12.4. The fraction of sp³-hybridized carbons (Fsp3) is 0.367. The molecule has 1 heterocycles. The maximum Gasteiger partial charge on any atom is 0.329 e. The van der Waals surface area contributed by atoms with E-state index in [0.29, 0.717) is 19.8 Å². The van der Waals surface area contributed by atoms with Gasteiger partial charge in [0.15, 0.2) is 0 Å². The van der Waals surface area contributed by atoms with E-state index in [4.69, 9.17) is 19.3 Å². The number of carbonyl (C=O) groups is 1. The van der Waals surface area contributed by atoms with Crippen molar-refractivity contribution < 1.29 is 28.5 Å². The van der Waals surface area contributed by atoms with Crippen LogP contribution in [0.3, 0.4) is 0 Å². The van der Waals surface area contributed by atoms with Crippen LogP contribution < -0.4 is 0 Å². The van der Waals surface area contributed by atoms with Crippen LogP contribution in [0.2, 0.25) is 0 Å². The Bertz CT molecular complexity index is 1220. The number of ether oxygens (including phenoxy) is 3. The maximum absolute atomic E-state index is 13.7. The van der Waals surface area contributed by atoms with Gasteiger partial charge in [0.1, 0.15) is 12.4 Å². The first-order valence-electron chi connectivity index (χ1n) is 12.4. The monoisotopic (exact) mass is 490 g/mol. The summed E-state index contributed by atoms with van der Waals surface area (Å²) < 4.78 is 31.3. The SMILES string of the molecule is O=C(O)COC/C=C/CC1C(COCc2ccc3ccccc3c2)C2CC1(c1ccc(F)cc1)CO2. The van der Waals surface area contributed by atoms with Crippen molar-refractivity contribution in [1.29, 1.82) is 0 Å². The van der Waals surface area contributed by atoms with E-state index >= 15 is 0 Å². The number of allylic oxidation sites excluding steroid dienone is 1. The fourth-order valence-corrected chi connectivity index (χ4v) is 5.92. The minimum Gasteiger partial charge on any atom is -0.480 e. The van der Waals surface area contributed by atoms with Gasteiger partial charge in [0.05, 0.1) is 32.5 Å². The van der Waals surface area contributed by atoms with Gasteiger partial charge in [-0.1, -0.05) is 60.7 Å². The lowest BCUT2D eigenvalue weighted by Crippen LogP contribution is -2.41. The molecule has 0 spiro atoms. The van der Waals surface area contributed by atoms with Crippen LogP contribution in [0.15, 0.2) is 78.9 Å². The van der Waals surface area contributed by atoms with Crippen LogP contribution in [0.5, 0.6) is 0 Å². The van der Waals surface area contributed by atoms with Crippen molar-refractivity contribution >= 4 is 16.7 Å². The molecule has 1 aliphatic carbocycles. The van der Waals surface area contributed by atoms with E-state index in [9.17, 15) is 9.18 Å². The van der Waals surface area contributed by atoms with Gasteiger partial charge in [-0.05, 0) is 58.9 Å². The predicted octanol–water partition coefficient (Wildman–Crippen LogP) is 5.52. The zero-order valence-corrected chi connectivity index (χ0v) is 20.1. The lowest BCUT2D eigenvalue weighted by molar-refractivity contribution is -0.141. The Balaban J connectivity index is 1.28. The van der Waals surface area contributed by atoms with Crippen molar-refractivity contribution in [2.75, 3.05) is 26.4 Å². The van der Waals surface area contributed by atoms with Crippen molar-refractivity contribution in [3.63, 3.8) is 0 Å². The number of rotatable bonds is 11. The summed E-state index contributed by atoms with van der Waals surface area (Å²) in [4.78, 5) is 10.7. The van der Waals surface area contributed by atoms with Gasteiger partial charge in [0, 0.05) is 11.3 Å². The third kappa shape index (κ3) is 5.21. The number of hydrogen-bond donors (Lipinski definition) is 1. The average Bonchev–Trinajstić information content (AvgIpc) is 3.44. The zero-order valence-electron chi connectivity index (χ0n) is 20.1. The third-order valence-electron chi connectivity index (χ3n) is 7.63. The Labute approximate surface area is 210 Å². The van der Waals surface area contributed by atoms with E-state index in [1.165, 1.54) is 22.9 Å². The highest BCUT2D eigenvalue weighted by Gasteiger charge is 2.59. The summed E-state index contributed by atoms with van der Waals surface area (Å²) in [6.45, 7) is 1.66. The van der Waals surface area contributed by atoms with Gasteiger partial charge in [-0.3, -0.25) is 0 Å². The summed E-state index contributed by atoms with van der Waals surface area (Å²) in [5, 5.41) is 11.2. The molecule has 3 aromatic rings. The molecule has 3 aromatic carbocycles. The molecule has 0 radical (unpaired) electrons. The van der Waals surface area contributed by atoms with Crippen LogP contribution in [0.4, 0.5) is 4.39 Å². The normalized spacial score (nSPS) is 25.2. The van der Waals surface area contributed by atoms with Crippen molar-refractivity contribution in [2.24, 2.45) is 11.8 Å². The summed E-state index contributed by atoms with van der Waals surface area (Å²) in [5.41, 5.74) is 2.05. The first kappa shape index (κ1) is 24.6. The highest BCUT2D eigenvalue weighted by atomic mass is 19.1. The molecular formula is C30H31FO5. The standard InChI is InChI=1S/C30H31FO5/c31-25-12-10-24(11-13-25)30-16-28(36-20-30)26(27(30)7-3-4-14-34-19-29(32)33)18-35-17-21-8-9-22-5-1-2-6-23(22)15-21/h1-6,8-13,15,26-28H,7,14,16-20H2,(H,32,33)/b4-3+. The molecule has 4 unspecified atom stereocenters. The van der Waals surface area contributed by atoms with Crippen molar-refractivity contribution in [3.05, 3.63) is 95.8 Å². The van der Waals surface area contributed by atoms with Crippen LogP contribution in [0.1, 0.15) is 24.0 Å². The molecule has 4 atom stereocenters. The molecular weight excluding hydrogens is 459 g/mol. The molecule has 36 heavy (non-hydrogen) atoms. The largest absolute Gasteiger partial charge is 0.480 e. The van der Waals surface area contributed by atoms with E-state index in [-0.39, 0.29) is 42.4 Å². The minimum atomic E-state index is -0.979. The van der Waals surface area contributed by atoms with Crippen LogP contribution in [0, 0.1) is 17.7 Å². The number of hydrogen-bond acceptors (Lipinski definition) is 4. The first-order chi connectivity index (χ1) is 17.5. The average molecular weight is 491 g/mol. The summed E-state index contributed by atoms with van der Waals surface area (Å²) in [6, 6.07) is 21.5. The number of aliphatic carboxylic acids is 1. The number of benzene rings is 3. The van der Waals surface area contributed by atoms with Crippen LogP contribution in [-0.4, -0.2) is 43.6 Å². The molecule has 0 aromatic heterocycles. The Morgan fingerprint density at radius 1 is 1.06 bits per heavy atom. The fourth-order valence-electron chi connectivity index (χ4n) is 5.92. The van der Waals surface area contributed by atoms with Gasteiger partial charge >= 0.3 is 5.97 Å². The summed E-state index contributed by atoms with van der Waals surface area (Å²) in [7, 11) is 0. The second-order valence-electron chi connectivity index (χ2n) is 9.80. The van der Waals surface area contributed by atoms with Crippen LogP contribution in [0.25, 0.3) is 10.8 Å². The lowest BCUT2D eigenvalue weighted by Gasteiger charge is -2.39. The van der Waals surface area contributed by atoms with E-state index in [1.807, 2.05) is 30.3 Å². The second kappa shape index (κ2) is 10.9. The number of carboxylic acid groups (broad SMARTS) is 1. The van der Waals surface area contributed by atoms with E-state index in [1.54, 1.807) is 0 Å². The van der Waals surface area contributed by atoms with Gasteiger partial charge in [-0.2, -0.15) is 0 Å². The van der Waals surface area contributed by atoms with Gasteiger partial charge in [0.2, 0.25) is 0 Å². The van der Waals surface area contributed by atoms with Crippen LogP contribution >= 0.6 is 0 Å². The molecule has 6 heteroatoms. The highest BCUT2D eigenvalue weighted by Crippen LogP contribution is 2.56. The number of halogens is 1. The van der Waals surface area contributed by atoms with Crippen molar-refractivity contribution in [3.8, 4) is 0 Å². The van der Waals surface area contributed by atoms with Gasteiger partial charge in [0.25, 0.3) is 0 Å². The van der Waals surface area contributed by atoms with E-state index < -0.39 is 5.97 Å². The van der Waals surface area contributed by atoms with Crippen molar-refractivity contribution in [1.82, 2.24) is 0 Å². The van der Waals surface area contributed by atoms with E-state index in [2.05, 4.69) is 36.4 Å². The zero-order chi connectivity index (χ0) is 25.0. The Hall–Kier alpha value is -3.06. The molecule has 1 aliphatic heterocycles. The topological polar surface area (TPSA) is 65.0 Å². The predicted molar refractivity (Wildman–Crippen MR) is 135 cm³/mol. The molecule has 5 rings (SSSR count). The Kier molecular flexibility index (Phi) is 7.46. The lowest BCUT2D eigenvalue weighted by atomic mass is 9.69. The van der Waals surface area contributed by atoms with Gasteiger partial charge < -0.3 is 19.3 Å². The molecule has 188 valence electrons. The molecule has 1 N–H and O–H groups in total. The molecule has 2 aliphatic rings. The Morgan fingerprint density at radius 2 is 1.86 bits per heavy atom. The Morgan fingerprint density at radius 3 is 2.67 bits per heavy atom. The maximum atomic E-state index is 13.7. The minimum absolute atomic E-state index is 0.0910. The number of carboxylic acids is 1. The summed E-state index contributed by atoms with van der Waals surface area (Å²) >= 11 is 0. The molecule has 2 fully saturated rings. The van der Waals surface area contributed by atoms with Crippen LogP contribution in [-0.2, 0) is 31.0 Å². The molecule has 1 saturated carbocycles. The highest BCUT2D eigenvalue weighted by molar-refractivity contribution is 5.82. The summed E-state index contributed by atoms with van der Waals surface area (Å²) in [5.74, 6) is -0.763. The van der Waals surface area contributed by atoms with E-state index in [0.717, 1.165) is 24.0 Å². The molecule has 5 nitrogen and oxygen atoms in total. The molecule has 1 saturated heterocycles. The smallest absolute Gasteiger partial charge is 0.329 e. The van der Waals surface area contributed by atoms with Crippen molar-refractivity contribution in [2.45, 2.75) is 31.0 Å². The molecule has 0 amide bonds.